The highest BCUT2D eigenvalue weighted by Gasteiger charge is 2.06. The van der Waals surface area contributed by atoms with Crippen LogP contribution < -0.4 is 15.5 Å². The molecule has 2 N–H and O–H groups in total. The molecule has 120 valence electrons. The van der Waals surface area contributed by atoms with E-state index in [0.29, 0.717) is 5.75 Å². The maximum Gasteiger partial charge on any atom is 0.259 e. The Morgan fingerprint density at radius 2 is 2.04 bits per heavy atom. The van der Waals surface area contributed by atoms with E-state index in [1.807, 2.05) is 42.6 Å². The Morgan fingerprint density at radius 1 is 1.22 bits per heavy atom. The lowest BCUT2D eigenvalue weighted by Gasteiger charge is -2.08. The monoisotopic (exact) mass is 331 g/mol. The van der Waals surface area contributed by atoms with E-state index in [4.69, 9.17) is 4.74 Å². The maximum absolute atomic E-state index is 11.6. The molecule has 0 radical (unpaired) electrons. The zero-order valence-corrected chi connectivity index (χ0v) is 13.4. The minimum atomic E-state index is -0.401. The van der Waals surface area contributed by atoms with Crippen molar-refractivity contribution in [2.24, 2.45) is 5.10 Å². The summed E-state index contributed by atoms with van der Waals surface area (Å²) in [6.07, 6.45) is 1.55. The van der Waals surface area contributed by atoms with Gasteiger partial charge in [0, 0.05) is 4.88 Å². The standard InChI is InChI=1S/C16H17N3O3S/c1-12-5-2-3-7-14(12)22-11-16(21)17-10-15(20)19-18-9-13-6-4-8-23-13/h2-9H,10-11H2,1H3,(H,17,21)(H,19,20)/b18-9+. The van der Waals surface area contributed by atoms with Gasteiger partial charge in [-0.15, -0.1) is 11.3 Å². The minimum Gasteiger partial charge on any atom is -0.484 e. The fraction of sp³-hybridized carbons (Fsp3) is 0.188. The third-order valence-corrected chi connectivity index (χ3v) is 3.63. The second kappa shape index (κ2) is 8.70. The maximum atomic E-state index is 11.6. The van der Waals surface area contributed by atoms with Crippen LogP contribution in [0, 0.1) is 6.92 Å². The summed E-state index contributed by atoms with van der Waals surface area (Å²) in [5, 5.41) is 8.18. The zero-order chi connectivity index (χ0) is 16.5. The van der Waals surface area contributed by atoms with E-state index >= 15 is 0 Å². The largest absolute Gasteiger partial charge is 0.484 e. The SMILES string of the molecule is Cc1ccccc1OCC(=O)NCC(=O)N/N=C/c1cccs1. The van der Waals surface area contributed by atoms with E-state index in [2.05, 4.69) is 15.8 Å². The number of hydrogen-bond acceptors (Lipinski definition) is 5. The molecule has 2 amide bonds. The molecule has 0 aliphatic heterocycles. The Balaban J connectivity index is 1.66. The number of carbonyl (C=O) groups is 2. The van der Waals surface area contributed by atoms with Crippen molar-refractivity contribution in [3.63, 3.8) is 0 Å². The van der Waals surface area contributed by atoms with Crippen LogP contribution in [0.5, 0.6) is 5.75 Å². The van der Waals surface area contributed by atoms with Crippen LogP contribution in [0.1, 0.15) is 10.4 Å². The molecule has 0 atom stereocenters. The molecule has 0 aliphatic carbocycles. The predicted molar refractivity (Wildman–Crippen MR) is 89.7 cm³/mol. The number of hydrogen-bond donors (Lipinski definition) is 2. The highest BCUT2D eigenvalue weighted by Crippen LogP contribution is 2.15. The lowest BCUT2D eigenvalue weighted by molar-refractivity contribution is -0.127. The van der Waals surface area contributed by atoms with Crippen molar-refractivity contribution < 1.29 is 14.3 Å². The highest BCUT2D eigenvalue weighted by atomic mass is 32.1. The molecule has 2 rings (SSSR count). The van der Waals surface area contributed by atoms with Crippen LogP contribution in [0.15, 0.2) is 46.9 Å². The Hall–Kier alpha value is -2.67. The molecule has 0 bridgehead atoms. The Kier molecular flexibility index (Phi) is 6.31. The molecule has 2 aromatic rings. The average Bonchev–Trinajstić information content (AvgIpc) is 3.05. The van der Waals surface area contributed by atoms with Crippen molar-refractivity contribution in [1.29, 1.82) is 0 Å². The van der Waals surface area contributed by atoms with Gasteiger partial charge in [0.05, 0.1) is 12.8 Å². The summed E-state index contributed by atoms with van der Waals surface area (Å²) < 4.78 is 5.39. The molecule has 0 saturated heterocycles. The zero-order valence-electron chi connectivity index (χ0n) is 12.6. The number of rotatable bonds is 7. The van der Waals surface area contributed by atoms with Crippen molar-refractivity contribution in [2.75, 3.05) is 13.2 Å². The summed E-state index contributed by atoms with van der Waals surface area (Å²) in [6.45, 7) is 1.60. The van der Waals surface area contributed by atoms with Crippen LogP contribution in [0.3, 0.4) is 0 Å². The number of amides is 2. The number of para-hydroxylation sites is 1. The minimum absolute atomic E-state index is 0.142. The van der Waals surface area contributed by atoms with E-state index in [1.165, 1.54) is 11.3 Å². The first-order valence-electron chi connectivity index (χ1n) is 6.95. The summed E-state index contributed by atoms with van der Waals surface area (Å²) in [4.78, 5) is 24.1. The molecule has 0 spiro atoms. The van der Waals surface area contributed by atoms with Crippen molar-refractivity contribution in [2.45, 2.75) is 6.92 Å². The van der Waals surface area contributed by atoms with Gasteiger partial charge in [0.25, 0.3) is 11.8 Å². The van der Waals surface area contributed by atoms with Gasteiger partial charge in [-0.25, -0.2) is 5.43 Å². The smallest absolute Gasteiger partial charge is 0.259 e. The number of aryl methyl sites for hydroxylation is 1. The van der Waals surface area contributed by atoms with Crippen molar-refractivity contribution in [1.82, 2.24) is 10.7 Å². The second-order valence-electron chi connectivity index (χ2n) is 4.64. The number of thiophene rings is 1. The molecule has 1 aromatic heterocycles. The van der Waals surface area contributed by atoms with Crippen LogP contribution in [0.4, 0.5) is 0 Å². The summed E-state index contributed by atoms with van der Waals surface area (Å²) in [7, 11) is 0. The third-order valence-electron chi connectivity index (χ3n) is 2.82. The molecule has 0 saturated carbocycles. The predicted octanol–water partition coefficient (Wildman–Crippen LogP) is 1.70. The van der Waals surface area contributed by atoms with Gasteiger partial charge >= 0.3 is 0 Å². The number of benzene rings is 1. The Bertz CT molecular complexity index is 684. The van der Waals surface area contributed by atoms with E-state index in [0.717, 1.165) is 10.4 Å². The van der Waals surface area contributed by atoms with Gasteiger partial charge in [-0.2, -0.15) is 5.10 Å². The Labute approximate surface area is 138 Å². The second-order valence-corrected chi connectivity index (χ2v) is 5.62. The molecule has 0 fully saturated rings. The van der Waals surface area contributed by atoms with E-state index in [9.17, 15) is 9.59 Å². The van der Waals surface area contributed by atoms with Crippen LogP contribution in [-0.2, 0) is 9.59 Å². The van der Waals surface area contributed by atoms with Gasteiger partial charge in [-0.3, -0.25) is 9.59 Å². The van der Waals surface area contributed by atoms with Crippen molar-refractivity contribution >= 4 is 29.4 Å². The van der Waals surface area contributed by atoms with Gasteiger partial charge in [0.1, 0.15) is 5.75 Å². The number of ether oxygens (including phenoxy) is 1. The molecule has 0 aliphatic rings. The van der Waals surface area contributed by atoms with Gasteiger partial charge in [-0.1, -0.05) is 24.3 Å². The first-order chi connectivity index (χ1) is 11.1. The summed E-state index contributed by atoms with van der Waals surface area (Å²) in [6, 6.07) is 11.2. The summed E-state index contributed by atoms with van der Waals surface area (Å²) in [5.74, 6) is -0.125. The van der Waals surface area contributed by atoms with Crippen LogP contribution >= 0.6 is 11.3 Å². The molecule has 0 unspecified atom stereocenters. The number of nitrogens with one attached hydrogen (secondary N) is 2. The number of nitrogens with zero attached hydrogens (tertiary/aromatic N) is 1. The lowest BCUT2D eigenvalue weighted by atomic mass is 10.2. The van der Waals surface area contributed by atoms with Crippen molar-refractivity contribution in [3.05, 3.63) is 52.2 Å². The molecule has 1 heterocycles. The third kappa shape index (κ3) is 5.91. The van der Waals surface area contributed by atoms with E-state index in [1.54, 1.807) is 12.3 Å². The average molecular weight is 331 g/mol. The molecular formula is C16H17N3O3S. The lowest BCUT2D eigenvalue weighted by Crippen LogP contribution is -2.37. The van der Waals surface area contributed by atoms with Crippen molar-refractivity contribution in [3.8, 4) is 5.75 Å². The van der Waals surface area contributed by atoms with Crippen LogP contribution in [0.25, 0.3) is 0 Å². The van der Waals surface area contributed by atoms with Gasteiger partial charge in [0.15, 0.2) is 6.61 Å². The summed E-state index contributed by atoms with van der Waals surface area (Å²) in [5.41, 5.74) is 3.29. The quantitative estimate of drug-likeness (QED) is 0.599. The van der Waals surface area contributed by atoms with Gasteiger partial charge in [0.2, 0.25) is 0 Å². The summed E-state index contributed by atoms with van der Waals surface area (Å²) >= 11 is 1.51. The topological polar surface area (TPSA) is 79.8 Å². The first kappa shape index (κ1) is 16.7. The fourth-order valence-corrected chi connectivity index (χ4v) is 2.25. The van der Waals surface area contributed by atoms with Gasteiger partial charge < -0.3 is 10.1 Å². The molecule has 23 heavy (non-hydrogen) atoms. The van der Waals surface area contributed by atoms with E-state index < -0.39 is 5.91 Å². The number of carbonyl (C=O) groups excluding carboxylic acids is 2. The van der Waals surface area contributed by atoms with Crippen LogP contribution in [-0.4, -0.2) is 31.2 Å². The molecule has 6 nitrogen and oxygen atoms in total. The van der Waals surface area contributed by atoms with Gasteiger partial charge in [-0.05, 0) is 30.0 Å². The normalized spacial score (nSPS) is 10.5. The van der Waals surface area contributed by atoms with Crippen LogP contribution in [0.2, 0.25) is 0 Å². The molecule has 1 aromatic carbocycles. The molecule has 7 heteroatoms. The first-order valence-corrected chi connectivity index (χ1v) is 7.83. The Morgan fingerprint density at radius 3 is 2.78 bits per heavy atom. The highest BCUT2D eigenvalue weighted by molar-refractivity contribution is 7.11. The fourth-order valence-electron chi connectivity index (χ4n) is 1.66. The molecular weight excluding hydrogens is 314 g/mol. The van der Waals surface area contributed by atoms with E-state index in [-0.39, 0.29) is 19.1 Å². The number of hydrazone groups is 1.